The van der Waals surface area contributed by atoms with Crippen molar-refractivity contribution in [2.24, 2.45) is 5.92 Å². The first-order chi connectivity index (χ1) is 12.8. The fourth-order valence-corrected chi connectivity index (χ4v) is 2.61. The summed E-state index contributed by atoms with van der Waals surface area (Å²) in [5, 5.41) is 5.58. The highest BCUT2D eigenvalue weighted by Gasteiger charge is 2.30. The number of carbonyl (C=O) groups excluding carboxylic acids is 2. The average Bonchev–Trinajstić information content (AvgIpc) is 3.45. The van der Waals surface area contributed by atoms with Crippen LogP contribution < -0.4 is 10.6 Å². The lowest BCUT2D eigenvalue weighted by Gasteiger charge is -2.09. The molecule has 0 saturated heterocycles. The van der Waals surface area contributed by atoms with E-state index in [4.69, 9.17) is 0 Å². The SMILES string of the molecule is O=C(Cc1ccc(C(F)(F)F)cc1)NCc1cccc(NC(=O)C2CC2)c1. The summed E-state index contributed by atoms with van der Waals surface area (Å²) < 4.78 is 37.6. The van der Waals surface area contributed by atoms with Gasteiger partial charge in [-0.2, -0.15) is 13.2 Å². The maximum Gasteiger partial charge on any atom is 0.416 e. The van der Waals surface area contributed by atoms with Crippen molar-refractivity contribution in [2.75, 3.05) is 5.32 Å². The minimum absolute atomic E-state index is 0.00373. The van der Waals surface area contributed by atoms with E-state index in [1.165, 1.54) is 12.1 Å². The minimum atomic E-state index is -4.39. The second-order valence-electron chi connectivity index (χ2n) is 6.61. The molecule has 3 rings (SSSR count). The van der Waals surface area contributed by atoms with Gasteiger partial charge in [0.05, 0.1) is 12.0 Å². The quantitative estimate of drug-likeness (QED) is 0.803. The summed E-state index contributed by atoms with van der Waals surface area (Å²) in [7, 11) is 0. The molecular weight excluding hydrogens is 357 g/mol. The van der Waals surface area contributed by atoms with Crippen LogP contribution in [0.25, 0.3) is 0 Å². The summed E-state index contributed by atoms with van der Waals surface area (Å²) in [6.45, 7) is 0.270. The summed E-state index contributed by atoms with van der Waals surface area (Å²) >= 11 is 0. The molecule has 2 aromatic rings. The van der Waals surface area contributed by atoms with Gasteiger partial charge in [-0.15, -0.1) is 0 Å². The van der Waals surface area contributed by atoms with Crippen molar-refractivity contribution in [3.8, 4) is 0 Å². The smallest absolute Gasteiger partial charge is 0.352 e. The van der Waals surface area contributed by atoms with Crippen LogP contribution in [0.1, 0.15) is 29.5 Å². The molecule has 2 aromatic carbocycles. The topological polar surface area (TPSA) is 58.2 Å². The fourth-order valence-electron chi connectivity index (χ4n) is 2.61. The molecule has 1 fully saturated rings. The molecule has 0 aromatic heterocycles. The number of hydrogen-bond acceptors (Lipinski definition) is 2. The zero-order chi connectivity index (χ0) is 19.4. The van der Waals surface area contributed by atoms with E-state index in [2.05, 4.69) is 10.6 Å². The van der Waals surface area contributed by atoms with E-state index in [1.807, 2.05) is 6.07 Å². The van der Waals surface area contributed by atoms with E-state index in [1.54, 1.807) is 18.2 Å². The lowest BCUT2D eigenvalue weighted by molar-refractivity contribution is -0.137. The van der Waals surface area contributed by atoms with E-state index in [0.29, 0.717) is 11.3 Å². The molecule has 0 spiro atoms. The molecule has 0 aliphatic heterocycles. The lowest BCUT2D eigenvalue weighted by Crippen LogP contribution is -2.24. The van der Waals surface area contributed by atoms with Crippen molar-refractivity contribution in [1.29, 1.82) is 0 Å². The Kier molecular flexibility index (Phi) is 5.48. The van der Waals surface area contributed by atoms with Crippen LogP contribution in [-0.2, 0) is 28.7 Å². The number of anilines is 1. The van der Waals surface area contributed by atoms with E-state index >= 15 is 0 Å². The molecule has 1 saturated carbocycles. The summed E-state index contributed by atoms with van der Waals surface area (Å²) in [5.41, 5.74) is 1.27. The first kappa shape index (κ1) is 18.9. The molecule has 2 amide bonds. The monoisotopic (exact) mass is 376 g/mol. The Morgan fingerprint density at radius 1 is 1.00 bits per heavy atom. The molecule has 0 radical (unpaired) electrons. The lowest BCUT2D eigenvalue weighted by atomic mass is 10.1. The number of halogens is 3. The molecule has 1 aliphatic carbocycles. The van der Waals surface area contributed by atoms with Crippen molar-refractivity contribution < 1.29 is 22.8 Å². The third kappa shape index (κ3) is 5.57. The van der Waals surface area contributed by atoms with Gasteiger partial charge in [-0.3, -0.25) is 9.59 Å². The Hall–Kier alpha value is -2.83. The standard InChI is InChI=1S/C20H19F3N2O2/c21-20(22,23)16-8-4-13(5-9-16)11-18(26)24-12-14-2-1-3-17(10-14)25-19(27)15-6-7-15/h1-5,8-10,15H,6-7,11-12H2,(H,24,26)(H,25,27). The van der Waals surface area contributed by atoms with Crippen molar-refractivity contribution in [1.82, 2.24) is 5.32 Å². The highest BCUT2D eigenvalue weighted by Crippen LogP contribution is 2.30. The van der Waals surface area contributed by atoms with Crippen LogP contribution in [0.3, 0.4) is 0 Å². The van der Waals surface area contributed by atoms with Crippen molar-refractivity contribution in [3.05, 3.63) is 65.2 Å². The first-order valence-corrected chi connectivity index (χ1v) is 8.64. The second-order valence-corrected chi connectivity index (χ2v) is 6.61. The maximum absolute atomic E-state index is 12.5. The van der Waals surface area contributed by atoms with E-state index in [0.717, 1.165) is 30.5 Å². The predicted octanol–water partition coefficient (Wildman–Crippen LogP) is 3.91. The molecule has 142 valence electrons. The van der Waals surface area contributed by atoms with Crippen LogP contribution in [0.2, 0.25) is 0 Å². The van der Waals surface area contributed by atoms with Crippen LogP contribution in [0.5, 0.6) is 0 Å². The number of alkyl halides is 3. The second kappa shape index (κ2) is 7.82. The number of nitrogens with one attached hydrogen (secondary N) is 2. The molecule has 7 heteroatoms. The Morgan fingerprint density at radius 3 is 2.33 bits per heavy atom. The van der Waals surface area contributed by atoms with Crippen LogP contribution in [0, 0.1) is 5.92 Å². The average molecular weight is 376 g/mol. The van der Waals surface area contributed by atoms with Gasteiger partial charge in [0.15, 0.2) is 0 Å². The van der Waals surface area contributed by atoms with Gasteiger partial charge in [0.25, 0.3) is 0 Å². The van der Waals surface area contributed by atoms with Gasteiger partial charge in [0.1, 0.15) is 0 Å². The van der Waals surface area contributed by atoms with Crippen LogP contribution in [0.4, 0.5) is 18.9 Å². The highest BCUT2D eigenvalue weighted by atomic mass is 19.4. The maximum atomic E-state index is 12.5. The summed E-state index contributed by atoms with van der Waals surface area (Å²) in [6.07, 6.45) is -2.55. The Balaban J connectivity index is 1.50. The van der Waals surface area contributed by atoms with Gasteiger partial charge < -0.3 is 10.6 Å². The molecule has 0 unspecified atom stereocenters. The zero-order valence-electron chi connectivity index (χ0n) is 14.5. The predicted molar refractivity (Wildman–Crippen MR) is 94.8 cm³/mol. The summed E-state index contributed by atoms with van der Waals surface area (Å²) in [6, 6.07) is 11.7. The zero-order valence-corrected chi connectivity index (χ0v) is 14.5. The van der Waals surface area contributed by atoms with Gasteiger partial charge in [0.2, 0.25) is 11.8 Å². The Morgan fingerprint density at radius 2 is 1.70 bits per heavy atom. The number of rotatable bonds is 6. The summed E-state index contributed by atoms with van der Waals surface area (Å²) in [5.74, 6) is -0.169. The Bertz CT molecular complexity index is 828. The van der Waals surface area contributed by atoms with Gasteiger partial charge in [-0.1, -0.05) is 24.3 Å². The van der Waals surface area contributed by atoms with E-state index in [9.17, 15) is 22.8 Å². The fraction of sp³-hybridized carbons (Fsp3) is 0.300. The molecule has 27 heavy (non-hydrogen) atoms. The number of benzene rings is 2. The number of hydrogen-bond donors (Lipinski definition) is 2. The van der Waals surface area contributed by atoms with Gasteiger partial charge >= 0.3 is 6.18 Å². The van der Waals surface area contributed by atoms with Crippen LogP contribution >= 0.6 is 0 Å². The highest BCUT2D eigenvalue weighted by molar-refractivity contribution is 5.94. The minimum Gasteiger partial charge on any atom is -0.352 e. The van der Waals surface area contributed by atoms with Crippen molar-refractivity contribution >= 4 is 17.5 Å². The Labute approximate surface area is 154 Å². The van der Waals surface area contributed by atoms with E-state index in [-0.39, 0.29) is 30.7 Å². The molecule has 1 aliphatic rings. The van der Waals surface area contributed by atoms with Gasteiger partial charge in [-0.25, -0.2) is 0 Å². The molecule has 0 atom stereocenters. The largest absolute Gasteiger partial charge is 0.416 e. The van der Waals surface area contributed by atoms with Crippen LogP contribution in [-0.4, -0.2) is 11.8 Å². The van der Waals surface area contributed by atoms with Crippen LogP contribution in [0.15, 0.2) is 48.5 Å². The van der Waals surface area contributed by atoms with E-state index < -0.39 is 11.7 Å². The van der Waals surface area contributed by atoms with Crippen molar-refractivity contribution in [2.45, 2.75) is 32.0 Å². The first-order valence-electron chi connectivity index (χ1n) is 8.64. The normalized spacial score (nSPS) is 13.9. The van der Waals surface area contributed by atoms with Gasteiger partial charge in [-0.05, 0) is 48.2 Å². The number of amides is 2. The summed E-state index contributed by atoms with van der Waals surface area (Å²) in [4.78, 5) is 23.8. The molecule has 4 nitrogen and oxygen atoms in total. The molecule has 0 heterocycles. The van der Waals surface area contributed by atoms with Gasteiger partial charge in [0, 0.05) is 18.2 Å². The third-order valence-corrected chi connectivity index (χ3v) is 4.28. The third-order valence-electron chi connectivity index (χ3n) is 4.28. The molecule has 2 N–H and O–H groups in total. The molecule has 0 bridgehead atoms. The molecular formula is C20H19F3N2O2. The number of carbonyl (C=O) groups is 2. The van der Waals surface area contributed by atoms with Crippen molar-refractivity contribution in [3.63, 3.8) is 0 Å².